The molecule has 0 unspecified atom stereocenters. The van der Waals surface area contributed by atoms with Gasteiger partial charge in [-0.25, -0.2) is 0 Å². The van der Waals surface area contributed by atoms with Crippen LogP contribution in [-0.4, -0.2) is 33.0 Å². The number of nitrogen functional groups attached to an aromatic ring is 1. The number of aromatic nitrogens is 1. The van der Waals surface area contributed by atoms with Crippen molar-refractivity contribution in [2.45, 2.75) is 44.3 Å². The van der Waals surface area contributed by atoms with Crippen LogP contribution in [-0.2, 0) is 11.3 Å². The molecule has 11 heteroatoms. The predicted octanol–water partition coefficient (Wildman–Crippen LogP) is 3.98. The summed E-state index contributed by atoms with van der Waals surface area (Å²) in [6.07, 6.45) is 3.94. The van der Waals surface area contributed by atoms with Crippen molar-refractivity contribution in [3.63, 3.8) is 0 Å². The van der Waals surface area contributed by atoms with Gasteiger partial charge in [0.25, 0.3) is 11.8 Å². The van der Waals surface area contributed by atoms with Crippen molar-refractivity contribution >= 4 is 57.9 Å². The molecule has 178 valence electrons. The number of carbonyl (C=O) groups is 3. The number of halogens is 1. The number of nitrogens with zero attached hydrogens (tertiary/aromatic N) is 2. The number of nitrogens with two attached hydrogens (primary N) is 2. The molecule has 0 bridgehead atoms. The molecule has 1 atom stereocenters. The van der Waals surface area contributed by atoms with Gasteiger partial charge in [-0.1, -0.05) is 48.7 Å². The highest BCUT2D eigenvalue weighted by Gasteiger charge is 2.36. The molecular formula is C23H24ClN5O3S2. The number of hydrogen-bond donors (Lipinski definition) is 3. The highest BCUT2D eigenvalue weighted by atomic mass is 35.5. The van der Waals surface area contributed by atoms with Crippen LogP contribution in [0.1, 0.15) is 62.3 Å². The first-order valence-corrected chi connectivity index (χ1v) is 12.8. The molecule has 34 heavy (non-hydrogen) atoms. The molecule has 1 fully saturated rings. The Morgan fingerprint density at radius 2 is 1.91 bits per heavy atom. The second-order valence-electron chi connectivity index (χ2n) is 8.07. The molecule has 0 saturated heterocycles. The van der Waals surface area contributed by atoms with Gasteiger partial charge >= 0.3 is 0 Å². The highest BCUT2D eigenvalue weighted by molar-refractivity contribution is 7.10. The van der Waals surface area contributed by atoms with Crippen LogP contribution < -0.4 is 16.8 Å². The fraction of sp³-hybridized carbons (Fsp3) is 0.304. The average Bonchev–Trinajstić information content (AvgIpc) is 3.57. The second kappa shape index (κ2) is 10.5. The van der Waals surface area contributed by atoms with Gasteiger partial charge in [0.1, 0.15) is 10.9 Å². The highest BCUT2D eigenvalue weighted by Crippen LogP contribution is 2.33. The zero-order valence-electron chi connectivity index (χ0n) is 18.2. The van der Waals surface area contributed by atoms with Crippen LogP contribution in [0, 0.1) is 0 Å². The van der Waals surface area contributed by atoms with Crippen molar-refractivity contribution < 1.29 is 14.4 Å². The summed E-state index contributed by atoms with van der Waals surface area (Å²) in [5.74, 6) is -1.62. The molecule has 1 saturated carbocycles. The van der Waals surface area contributed by atoms with E-state index in [1.54, 1.807) is 18.2 Å². The smallest absolute Gasteiger partial charge is 0.270 e. The van der Waals surface area contributed by atoms with Crippen molar-refractivity contribution in [2.75, 3.05) is 5.73 Å². The lowest BCUT2D eigenvalue weighted by molar-refractivity contribution is -0.126. The van der Waals surface area contributed by atoms with Crippen molar-refractivity contribution in [1.82, 2.24) is 14.6 Å². The lowest BCUT2D eigenvalue weighted by Gasteiger charge is -2.31. The number of anilines is 1. The summed E-state index contributed by atoms with van der Waals surface area (Å²) in [5.41, 5.74) is 11.8. The zero-order valence-corrected chi connectivity index (χ0v) is 20.6. The van der Waals surface area contributed by atoms with Crippen molar-refractivity contribution in [3.8, 4) is 0 Å². The average molecular weight is 518 g/mol. The second-order valence-corrected chi connectivity index (χ2v) is 10.2. The molecule has 5 N–H and O–H groups in total. The quantitative estimate of drug-likeness (QED) is 0.416. The molecule has 3 aromatic rings. The summed E-state index contributed by atoms with van der Waals surface area (Å²) >= 11 is 8.58. The molecule has 8 nitrogen and oxygen atoms in total. The summed E-state index contributed by atoms with van der Waals surface area (Å²) < 4.78 is 3.96. The predicted molar refractivity (Wildman–Crippen MR) is 134 cm³/mol. The molecular weight excluding hydrogens is 494 g/mol. The fourth-order valence-corrected chi connectivity index (χ4v) is 5.86. The Hall–Kier alpha value is -2.95. The molecule has 1 aliphatic rings. The Labute approximate surface area is 210 Å². The Kier molecular flexibility index (Phi) is 7.50. The largest absolute Gasteiger partial charge is 0.395 e. The van der Waals surface area contributed by atoms with Crippen LogP contribution in [0.3, 0.4) is 0 Å². The SMILES string of the molecule is NC(=O)c1nsc(C(=O)N(Cc2ccccc2Cl)[C@H](C(=O)NC2CCCC2)c2cccs2)c1N. The zero-order chi connectivity index (χ0) is 24.2. The third-order valence-corrected chi connectivity index (χ3v) is 7.93. The Morgan fingerprint density at radius 1 is 1.18 bits per heavy atom. The summed E-state index contributed by atoms with van der Waals surface area (Å²) in [5, 5.41) is 5.44. The monoisotopic (exact) mass is 517 g/mol. The van der Waals surface area contributed by atoms with Gasteiger partial charge < -0.3 is 21.7 Å². The number of benzene rings is 1. The molecule has 0 spiro atoms. The number of rotatable bonds is 8. The molecule has 4 rings (SSSR count). The van der Waals surface area contributed by atoms with E-state index >= 15 is 0 Å². The number of primary amides is 1. The summed E-state index contributed by atoms with van der Waals surface area (Å²) in [6.45, 7) is 0.0579. The molecule has 0 aliphatic heterocycles. The van der Waals surface area contributed by atoms with E-state index in [-0.39, 0.29) is 34.8 Å². The van der Waals surface area contributed by atoms with Gasteiger partial charge in [0.15, 0.2) is 5.69 Å². The van der Waals surface area contributed by atoms with Gasteiger partial charge in [-0.3, -0.25) is 14.4 Å². The van der Waals surface area contributed by atoms with E-state index in [0.29, 0.717) is 15.5 Å². The van der Waals surface area contributed by atoms with E-state index in [4.69, 9.17) is 23.1 Å². The molecule has 3 amide bonds. The van der Waals surface area contributed by atoms with E-state index in [9.17, 15) is 14.4 Å². The van der Waals surface area contributed by atoms with Crippen LogP contribution in [0.2, 0.25) is 5.02 Å². The maximum Gasteiger partial charge on any atom is 0.270 e. The number of thiophene rings is 1. The molecule has 0 radical (unpaired) electrons. The van der Waals surface area contributed by atoms with Crippen molar-refractivity contribution in [2.24, 2.45) is 5.73 Å². The number of amides is 3. The maximum absolute atomic E-state index is 13.8. The summed E-state index contributed by atoms with van der Waals surface area (Å²) in [6, 6.07) is 9.95. The van der Waals surface area contributed by atoms with Crippen LogP contribution in [0.5, 0.6) is 0 Å². The first kappa shape index (κ1) is 24.2. The van der Waals surface area contributed by atoms with Crippen LogP contribution in [0.15, 0.2) is 41.8 Å². The van der Waals surface area contributed by atoms with E-state index in [2.05, 4.69) is 9.69 Å². The normalized spacial score (nSPS) is 14.6. The number of nitrogens with one attached hydrogen (secondary N) is 1. The molecule has 2 heterocycles. The molecule has 1 aromatic carbocycles. The summed E-state index contributed by atoms with van der Waals surface area (Å²) in [7, 11) is 0. The van der Waals surface area contributed by atoms with Gasteiger partial charge in [-0.05, 0) is 47.5 Å². The standard InChI is InChI=1S/C23H24ClN5O3S2/c24-15-9-4-1-6-13(15)12-29(23(32)20-17(25)18(21(26)30)28-34-20)19(16-10-5-11-33-16)22(31)27-14-7-2-3-8-14/h1,4-6,9-11,14,19H,2-3,7-8,12,25H2,(H2,26,30)(H,27,31)/t19-/m0/s1. The first-order chi connectivity index (χ1) is 16.4. The Morgan fingerprint density at radius 3 is 2.53 bits per heavy atom. The van der Waals surface area contributed by atoms with Crippen LogP contribution in [0.4, 0.5) is 5.69 Å². The van der Waals surface area contributed by atoms with E-state index in [0.717, 1.165) is 37.2 Å². The maximum atomic E-state index is 13.8. The van der Waals surface area contributed by atoms with Crippen molar-refractivity contribution in [1.29, 1.82) is 0 Å². The Balaban J connectivity index is 1.77. The Bertz CT molecular complexity index is 1190. The van der Waals surface area contributed by atoms with Crippen LogP contribution in [0.25, 0.3) is 0 Å². The topological polar surface area (TPSA) is 131 Å². The lowest BCUT2D eigenvalue weighted by atomic mass is 10.1. The third-order valence-electron chi connectivity index (χ3n) is 5.79. The van der Waals surface area contributed by atoms with Crippen molar-refractivity contribution in [3.05, 3.63) is 67.8 Å². The van der Waals surface area contributed by atoms with Crippen LogP contribution >= 0.6 is 34.5 Å². The van der Waals surface area contributed by atoms with E-state index in [1.807, 2.05) is 23.6 Å². The first-order valence-electron chi connectivity index (χ1n) is 10.8. The minimum Gasteiger partial charge on any atom is -0.395 e. The number of hydrogen-bond acceptors (Lipinski definition) is 7. The number of carbonyl (C=O) groups excluding carboxylic acids is 3. The molecule has 2 aromatic heterocycles. The van der Waals surface area contributed by atoms with Gasteiger partial charge in [0, 0.05) is 22.5 Å². The third kappa shape index (κ3) is 5.08. The molecule has 1 aliphatic carbocycles. The lowest BCUT2D eigenvalue weighted by Crippen LogP contribution is -2.45. The minimum atomic E-state index is -0.914. The van der Waals surface area contributed by atoms with E-state index < -0.39 is 17.9 Å². The fourth-order valence-electron chi connectivity index (χ4n) is 4.07. The van der Waals surface area contributed by atoms with Gasteiger partial charge in [0.2, 0.25) is 5.91 Å². The van der Waals surface area contributed by atoms with Gasteiger partial charge in [-0.2, -0.15) is 4.37 Å². The van der Waals surface area contributed by atoms with Gasteiger partial charge in [0.05, 0.1) is 5.69 Å². The van der Waals surface area contributed by atoms with Gasteiger partial charge in [-0.15, -0.1) is 11.3 Å². The van der Waals surface area contributed by atoms with E-state index in [1.165, 1.54) is 16.2 Å². The summed E-state index contributed by atoms with van der Waals surface area (Å²) in [4.78, 5) is 41.3. The minimum absolute atomic E-state index is 0.0519.